The summed E-state index contributed by atoms with van der Waals surface area (Å²) in [5, 5.41) is 11.3. The van der Waals surface area contributed by atoms with E-state index in [9.17, 15) is 18.8 Å². The molecule has 9 nitrogen and oxygen atoms in total. The number of amides is 2. The number of ether oxygens (including phenoxy) is 1. The van der Waals surface area contributed by atoms with Crippen LogP contribution in [-0.2, 0) is 4.79 Å². The van der Waals surface area contributed by atoms with Crippen molar-refractivity contribution in [2.75, 3.05) is 6.61 Å². The number of primary amides is 1. The first-order valence-corrected chi connectivity index (χ1v) is 12.2. The van der Waals surface area contributed by atoms with E-state index in [-0.39, 0.29) is 23.4 Å². The third-order valence-corrected chi connectivity index (χ3v) is 6.65. The van der Waals surface area contributed by atoms with Crippen LogP contribution >= 0.6 is 11.5 Å². The van der Waals surface area contributed by atoms with Gasteiger partial charge in [0.05, 0.1) is 28.9 Å². The molecule has 1 unspecified atom stereocenters. The van der Waals surface area contributed by atoms with Crippen molar-refractivity contribution in [2.45, 2.75) is 38.3 Å². The van der Waals surface area contributed by atoms with Crippen LogP contribution in [0.2, 0.25) is 0 Å². The lowest BCUT2D eigenvalue weighted by Gasteiger charge is -2.15. The lowest BCUT2D eigenvalue weighted by molar-refractivity contribution is -0.120. The summed E-state index contributed by atoms with van der Waals surface area (Å²) in [5.74, 6) is -1.90. The quantitative estimate of drug-likeness (QED) is 0.335. The Balaban J connectivity index is 1.45. The second-order valence-electron chi connectivity index (χ2n) is 8.45. The van der Waals surface area contributed by atoms with Crippen molar-refractivity contribution >= 4 is 29.1 Å². The average Bonchev–Trinajstić information content (AvgIpc) is 3.61. The zero-order chi connectivity index (χ0) is 25.8. The summed E-state index contributed by atoms with van der Waals surface area (Å²) in [6.07, 6.45) is 3.71. The molecule has 2 aromatic heterocycles. The number of aliphatic hydroxyl groups is 1. The molecule has 1 saturated carbocycles. The van der Waals surface area contributed by atoms with Crippen molar-refractivity contribution in [3.63, 3.8) is 0 Å². The van der Waals surface area contributed by atoms with Crippen molar-refractivity contribution in [2.24, 2.45) is 11.7 Å². The van der Waals surface area contributed by atoms with Gasteiger partial charge >= 0.3 is 0 Å². The Morgan fingerprint density at radius 3 is 2.61 bits per heavy atom. The number of nitrogens with zero attached hydrogens (tertiary/aromatic N) is 2. The molecule has 3 aromatic rings. The third-order valence-electron chi connectivity index (χ3n) is 5.77. The maximum Gasteiger partial charge on any atom is 0.254 e. The first kappa shape index (κ1) is 25.4. The SMILES string of the molecule is CCC(Oc1ccc(C(=O)C2CC2)nc1)c1cc(-c2ccc(C(=O)N[C@@H](CO)C(N)=O)c(F)c2)ns1. The van der Waals surface area contributed by atoms with E-state index in [1.807, 2.05) is 6.92 Å². The minimum Gasteiger partial charge on any atom is -0.483 e. The number of hydrogen-bond donors (Lipinski definition) is 3. The molecular weight excluding hydrogens is 487 g/mol. The van der Waals surface area contributed by atoms with Gasteiger partial charge in [-0.25, -0.2) is 9.37 Å². The topological polar surface area (TPSA) is 144 Å². The Morgan fingerprint density at radius 1 is 1.25 bits per heavy atom. The highest BCUT2D eigenvalue weighted by molar-refractivity contribution is 7.06. The normalized spacial score (nSPS) is 14.6. The van der Waals surface area contributed by atoms with E-state index in [1.54, 1.807) is 24.4 Å². The highest BCUT2D eigenvalue weighted by atomic mass is 32.1. The predicted molar refractivity (Wildman–Crippen MR) is 130 cm³/mol. The van der Waals surface area contributed by atoms with Crippen LogP contribution < -0.4 is 15.8 Å². The Kier molecular flexibility index (Phi) is 7.70. The molecule has 1 aromatic carbocycles. The molecular formula is C25H25FN4O5S. The highest BCUT2D eigenvalue weighted by Crippen LogP contribution is 2.34. The third kappa shape index (κ3) is 5.74. The Bertz CT molecular complexity index is 1280. The number of carbonyl (C=O) groups excluding carboxylic acids is 3. The number of nitrogens with one attached hydrogen (secondary N) is 1. The fourth-order valence-electron chi connectivity index (χ4n) is 3.54. The summed E-state index contributed by atoms with van der Waals surface area (Å²) in [5.41, 5.74) is 6.21. The van der Waals surface area contributed by atoms with E-state index < -0.39 is 30.3 Å². The van der Waals surface area contributed by atoms with Crippen LogP contribution in [-0.4, -0.2) is 44.7 Å². The number of carbonyl (C=O) groups is 3. The van der Waals surface area contributed by atoms with E-state index in [2.05, 4.69) is 14.7 Å². The smallest absolute Gasteiger partial charge is 0.254 e. The predicted octanol–water partition coefficient (Wildman–Crippen LogP) is 3.04. The average molecular weight is 513 g/mol. The molecule has 1 aliphatic carbocycles. The number of aromatic nitrogens is 2. The minimum atomic E-state index is -1.31. The fourth-order valence-corrected chi connectivity index (χ4v) is 4.39. The van der Waals surface area contributed by atoms with Crippen molar-refractivity contribution in [3.8, 4) is 17.0 Å². The molecule has 4 N–H and O–H groups in total. The van der Waals surface area contributed by atoms with Crippen LogP contribution in [0.1, 0.15) is 58.0 Å². The molecule has 1 fully saturated rings. The molecule has 0 radical (unpaired) electrons. The second kappa shape index (κ2) is 10.9. The number of halogens is 1. The second-order valence-corrected chi connectivity index (χ2v) is 9.29. The lowest BCUT2D eigenvalue weighted by Crippen LogP contribution is -2.47. The van der Waals surface area contributed by atoms with Crippen LogP contribution in [0, 0.1) is 11.7 Å². The number of pyridine rings is 1. The van der Waals surface area contributed by atoms with Crippen molar-refractivity contribution in [1.29, 1.82) is 0 Å². The molecule has 4 rings (SSSR count). The first-order chi connectivity index (χ1) is 17.3. The number of hydrogen-bond acceptors (Lipinski definition) is 8. The molecule has 2 heterocycles. The Labute approximate surface area is 210 Å². The summed E-state index contributed by atoms with van der Waals surface area (Å²) in [6, 6.07) is 7.87. The number of nitrogens with two attached hydrogens (primary N) is 1. The van der Waals surface area contributed by atoms with Crippen molar-refractivity contribution in [3.05, 3.63) is 64.5 Å². The fraction of sp³-hybridized carbons (Fsp3) is 0.320. The molecule has 2 amide bonds. The molecule has 0 aliphatic heterocycles. The lowest BCUT2D eigenvalue weighted by atomic mass is 10.1. The number of benzene rings is 1. The summed E-state index contributed by atoms with van der Waals surface area (Å²) in [6.45, 7) is 1.27. The summed E-state index contributed by atoms with van der Waals surface area (Å²) < 4.78 is 25.1. The van der Waals surface area contributed by atoms with Crippen molar-refractivity contribution < 1.29 is 28.6 Å². The van der Waals surface area contributed by atoms with Gasteiger partial charge in [-0.15, -0.1) is 0 Å². The Morgan fingerprint density at radius 2 is 2.03 bits per heavy atom. The summed E-state index contributed by atoms with van der Waals surface area (Å²) in [4.78, 5) is 40.7. The van der Waals surface area contributed by atoms with Crippen LogP contribution in [0.4, 0.5) is 4.39 Å². The van der Waals surface area contributed by atoms with E-state index in [0.717, 1.165) is 17.7 Å². The molecule has 0 saturated heterocycles. The molecule has 11 heteroatoms. The van der Waals surface area contributed by atoms with Gasteiger partial charge in [0.25, 0.3) is 5.91 Å². The largest absolute Gasteiger partial charge is 0.483 e. The molecule has 1 aliphatic rings. The van der Waals surface area contributed by atoms with Crippen molar-refractivity contribution in [1.82, 2.24) is 14.7 Å². The zero-order valence-corrected chi connectivity index (χ0v) is 20.3. The first-order valence-electron chi connectivity index (χ1n) is 11.4. The van der Waals surface area contributed by atoms with Gasteiger partial charge in [-0.2, -0.15) is 4.37 Å². The number of ketones is 1. The van der Waals surface area contributed by atoms with Gasteiger partial charge in [0, 0.05) is 11.5 Å². The van der Waals surface area contributed by atoms with Gasteiger partial charge in [0.15, 0.2) is 5.78 Å². The van der Waals surface area contributed by atoms with Crippen LogP contribution in [0.3, 0.4) is 0 Å². The maximum absolute atomic E-state index is 14.7. The molecule has 36 heavy (non-hydrogen) atoms. The van der Waals surface area contributed by atoms with E-state index >= 15 is 0 Å². The number of rotatable bonds is 11. The zero-order valence-electron chi connectivity index (χ0n) is 19.4. The highest BCUT2D eigenvalue weighted by Gasteiger charge is 2.31. The molecule has 2 atom stereocenters. The number of Topliss-reactive ketones (excluding diaryl/α,β-unsaturated/α-hetero) is 1. The van der Waals surface area contributed by atoms with Crippen LogP contribution in [0.15, 0.2) is 42.6 Å². The Hall–Kier alpha value is -3.70. The maximum atomic E-state index is 14.7. The van der Waals surface area contributed by atoms with E-state index in [0.29, 0.717) is 29.1 Å². The van der Waals surface area contributed by atoms with Gasteiger partial charge in [-0.3, -0.25) is 14.4 Å². The number of aliphatic hydroxyl groups excluding tert-OH is 1. The van der Waals surface area contributed by atoms with Gasteiger partial charge in [0.2, 0.25) is 5.91 Å². The molecule has 188 valence electrons. The standard InChI is InChI=1S/C25H25FN4O5S/c1-2-21(35-15-6-8-18(28-11-15)23(32)13-3-4-13)22-10-19(30-36-22)14-5-7-16(17(26)9-14)25(34)29-20(12-31)24(27)33/h5-11,13,20-21,31H,2-4,12H2,1H3,(H2,27,33)(H,29,34)/t20-,21?/m0/s1. The molecule has 0 bridgehead atoms. The minimum absolute atomic E-state index is 0.0671. The van der Waals surface area contributed by atoms with E-state index in [1.165, 1.54) is 29.7 Å². The summed E-state index contributed by atoms with van der Waals surface area (Å²) in [7, 11) is 0. The van der Waals surface area contributed by atoms with E-state index in [4.69, 9.17) is 15.6 Å². The van der Waals surface area contributed by atoms with Gasteiger partial charge in [-0.1, -0.05) is 13.0 Å². The monoisotopic (exact) mass is 512 g/mol. The van der Waals surface area contributed by atoms with Crippen LogP contribution in [0.5, 0.6) is 5.75 Å². The van der Waals surface area contributed by atoms with Crippen LogP contribution in [0.25, 0.3) is 11.3 Å². The van der Waals surface area contributed by atoms with Gasteiger partial charge in [0.1, 0.15) is 29.4 Å². The van der Waals surface area contributed by atoms with Gasteiger partial charge in [-0.05, 0) is 61.1 Å². The summed E-state index contributed by atoms with van der Waals surface area (Å²) >= 11 is 1.22. The van der Waals surface area contributed by atoms with Gasteiger partial charge < -0.3 is 20.9 Å². The molecule has 0 spiro atoms.